The zero-order chi connectivity index (χ0) is 8.59. The summed E-state index contributed by atoms with van der Waals surface area (Å²) in [4.78, 5) is 11.0. The Bertz CT molecular complexity index is 345. The standard InChI is InChI=1S/C6H7BrN2O2/c1-3-5(10)4(7)6(11)9(2)8-3/h10H,1-2H3. The smallest absolute Gasteiger partial charge is 0.284 e. The maximum atomic E-state index is 11.0. The minimum absolute atomic E-state index is 0.0897. The van der Waals surface area contributed by atoms with Crippen LogP contribution in [0.4, 0.5) is 0 Å². The van der Waals surface area contributed by atoms with Crippen molar-refractivity contribution in [1.82, 2.24) is 9.78 Å². The van der Waals surface area contributed by atoms with Crippen LogP contribution >= 0.6 is 15.9 Å². The summed E-state index contributed by atoms with van der Waals surface area (Å²) in [7, 11) is 1.53. The largest absolute Gasteiger partial charge is 0.505 e. The Labute approximate surface area is 71.6 Å². The van der Waals surface area contributed by atoms with Gasteiger partial charge in [0.1, 0.15) is 10.2 Å². The van der Waals surface area contributed by atoms with E-state index in [1.165, 1.54) is 11.7 Å². The van der Waals surface area contributed by atoms with Crippen LogP contribution in [0.5, 0.6) is 5.75 Å². The van der Waals surface area contributed by atoms with Crippen molar-refractivity contribution in [2.75, 3.05) is 0 Å². The first kappa shape index (κ1) is 8.26. The minimum Gasteiger partial charge on any atom is -0.505 e. The molecule has 1 aromatic rings. The van der Waals surface area contributed by atoms with E-state index in [9.17, 15) is 9.90 Å². The van der Waals surface area contributed by atoms with Crippen LogP contribution in [0.1, 0.15) is 5.69 Å². The van der Waals surface area contributed by atoms with Crippen LogP contribution in [0.25, 0.3) is 0 Å². The summed E-state index contributed by atoms with van der Waals surface area (Å²) in [5.74, 6) is -0.0897. The molecule has 0 unspecified atom stereocenters. The lowest BCUT2D eigenvalue weighted by molar-refractivity contribution is 0.453. The van der Waals surface area contributed by atoms with E-state index >= 15 is 0 Å². The van der Waals surface area contributed by atoms with Crippen molar-refractivity contribution in [1.29, 1.82) is 0 Å². The lowest BCUT2D eigenvalue weighted by atomic mass is 10.4. The Hall–Kier alpha value is -0.840. The van der Waals surface area contributed by atoms with Crippen molar-refractivity contribution in [2.24, 2.45) is 7.05 Å². The molecule has 0 aromatic carbocycles. The second kappa shape index (κ2) is 2.65. The highest BCUT2D eigenvalue weighted by atomic mass is 79.9. The molecule has 0 fully saturated rings. The molecule has 0 aliphatic rings. The van der Waals surface area contributed by atoms with Gasteiger partial charge < -0.3 is 5.11 Å². The molecule has 0 amide bonds. The van der Waals surface area contributed by atoms with E-state index in [4.69, 9.17) is 0 Å². The summed E-state index contributed by atoms with van der Waals surface area (Å²) in [6.45, 7) is 1.62. The third-order valence-corrected chi connectivity index (χ3v) is 2.05. The molecular formula is C6H7BrN2O2. The van der Waals surface area contributed by atoms with Crippen molar-refractivity contribution in [3.8, 4) is 5.75 Å². The Morgan fingerprint density at radius 3 is 2.73 bits per heavy atom. The molecule has 0 radical (unpaired) electrons. The average Bonchev–Trinajstić information content (AvgIpc) is 1.97. The van der Waals surface area contributed by atoms with Crippen molar-refractivity contribution in [3.05, 3.63) is 20.5 Å². The zero-order valence-electron chi connectivity index (χ0n) is 6.13. The Kier molecular flexibility index (Phi) is 1.99. The third-order valence-electron chi connectivity index (χ3n) is 1.33. The highest BCUT2D eigenvalue weighted by Crippen LogP contribution is 2.20. The van der Waals surface area contributed by atoms with Gasteiger partial charge in [0.15, 0.2) is 5.75 Å². The SMILES string of the molecule is Cc1nn(C)c(=O)c(Br)c1O. The molecule has 1 heterocycles. The van der Waals surface area contributed by atoms with E-state index in [-0.39, 0.29) is 15.8 Å². The number of halogens is 1. The van der Waals surface area contributed by atoms with Gasteiger partial charge in [-0.2, -0.15) is 5.10 Å². The monoisotopic (exact) mass is 218 g/mol. The molecule has 11 heavy (non-hydrogen) atoms. The molecule has 0 spiro atoms. The van der Waals surface area contributed by atoms with E-state index in [2.05, 4.69) is 21.0 Å². The van der Waals surface area contributed by atoms with Gasteiger partial charge in [-0.1, -0.05) is 0 Å². The van der Waals surface area contributed by atoms with Gasteiger partial charge in [-0.25, -0.2) is 4.68 Å². The van der Waals surface area contributed by atoms with Crippen LogP contribution in [-0.2, 0) is 7.05 Å². The summed E-state index contributed by atoms with van der Waals surface area (Å²) in [5, 5.41) is 12.9. The molecule has 1 aromatic heterocycles. The topological polar surface area (TPSA) is 55.1 Å². The fourth-order valence-electron chi connectivity index (χ4n) is 0.720. The van der Waals surface area contributed by atoms with Gasteiger partial charge in [0.05, 0.1) is 0 Å². The summed E-state index contributed by atoms with van der Waals surface area (Å²) < 4.78 is 1.33. The summed E-state index contributed by atoms with van der Waals surface area (Å²) in [6, 6.07) is 0. The van der Waals surface area contributed by atoms with Crippen LogP contribution in [0.2, 0.25) is 0 Å². The second-order valence-electron chi connectivity index (χ2n) is 2.18. The number of aryl methyl sites for hydroxylation is 2. The van der Waals surface area contributed by atoms with E-state index in [1.54, 1.807) is 6.92 Å². The zero-order valence-corrected chi connectivity index (χ0v) is 7.71. The highest BCUT2D eigenvalue weighted by molar-refractivity contribution is 9.10. The fourth-order valence-corrected chi connectivity index (χ4v) is 1.26. The van der Waals surface area contributed by atoms with Crippen molar-refractivity contribution in [2.45, 2.75) is 6.92 Å². The second-order valence-corrected chi connectivity index (χ2v) is 2.97. The van der Waals surface area contributed by atoms with Crippen LogP contribution in [-0.4, -0.2) is 14.9 Å². The van der Waals surface area contributed by atoms with Gasteiger partial charge in [0, 0.05) is 7.05 Å². The van der Waals surface area contributed by atoms with Gasteiger partial charge in [0.2, 0.25) is 0 Å². The molecule has 0 saturated heterocycles. The normalized spacial score (nSPS) is 10.1. The van der Waals surface area contributed by atoms with Crippen LogP contribution in [0.3, 0.4) is 0 Å². The molecule has 1 N–H and O–H groups in total. The predicted octanol–water partition coefficient (Wildman–Crippen LogP) is 0.557. The number of aromatic hydroxyl groups is 1. The maximum Gasteiger partial charge on any atom is 0.284 e. The summed E-state index contributed by atoms with van der Waals surface area (Å²) >= 11 is 2.96. The molecule has 5 heteroatoms. The maximum absolute atomic E-state index is 11.0. The van der Waals surface area contributed by atoms with Gasteiger partial charge in [0.25, 0.3) is 5.56 Å². The Balaban J connectivity index is 3.59. The van der Waals surface area contributed by atoms with E-state index in [0.717, 1.165) is 0 Å². The highest BCUT2D eigenvalue weighted by Gasteiger charge is 2.08. The van der Waals surface area contributed by atoms with Crippen LogP contribution in [0, 0.1) is 6.92 Å². The van der Waals surface area contributed by atoms with E-state index in [1.807, 2.05) is 0 Å². The molecule has 0 aliphatic carbocycles. The number of rotatable bonds is 0. The quantitative estimate of drug-likeness (QED) is 0.693. The molecule has 0 bridgehead atoms. The summed E-state index contributed by atoms with van der Waals surface area (Å²) in [5.41, 5.74) is 0.0899. The van der Waals surface area contributed by atoms with Crippen LogP contribution in [0.15, 0.2) is 9.27 Å². The van der Waals surface area contributed by atoms with Gasteiger partial charge >= 0.3 is 0 Å². The molecule has 0 atom stereocenters. The number of nitrogens with zero attached hydrogens (tertiary/aromatic N) is 2. The minimum atomic E-state index is -0.340. The van der Waals surface area contributed by atoms with E-state index < -0.39 is 0 Å². The van der Waals surface area contributed by atoms with E-state index in [0.29, 0.717) is 5.69 Å². The Morgan fingerprint density at radius 1 is 1.64 bits per heavy atom. The van der Waals surface area contributed by atoms with Crippen molar-refractivity contribution < 1.29 is 5.11 Å². The third kappa shape index (κ3) is 1.28. The first-order valence-electron chi connectivity index (χ1n) is 2.96. The van der Waals surface area contributed by atoms with Crippen molar-refractivity contribution >= 4 is 15.9 Å². The number of hydrogen-bond donors (Lipinski definition) is 1. The van der Waals surface area contributed by atoms with Gasteiger partial charge in [-0.05, 0) is 22.9 Å². The molecule has 0 saturated carbocycles. The number of hydrogen-bond acceptors (Lipinski definition) is 3. The lowest BCUT2D eigenvalue weighted by Gasteiger charge is -2.01. The molecular weight excluding hydrogens is 212 g/mol. The van der Waals surface area contributed by atoms with Crippen molar-refractivity contribution in [3.63, 3.8) is 0 Å². The van der Waals surface area contributed by atoms with Gasteiger partial charge in [-0.3, -0.25) is 4.79 Å². The average molecular weight is 219 g/mol. The predicted molar refractivity (Wildman–Crippen MR) is 43.6 cm³/mol. The molecule has 60 valence electrons. The molecule has 1 rings (SSSR count). The van der Waals surface area contributed by atoms with Gasteiger partial charge in [-0.15, -0.1) is 0 Å². The summed E-state index contributed by atoms with van der Waals surface area (Å²) in [6.07, 6.45) is 0. The van der Waals surface area contributed by atoms with Crippen LogP contribution < -0.4 is 5.56 Å². The number of aromatic nitrogens is 2. The first-order chi connectivity index (χ1) is 5.04. The lowest BCUT2D eigenvalue weighted by Crippen LogP contribution is -2.20. The molecule has 0 aliphatic heterocycles. The Morgan fingerprint density at radius 2 is 2.18 bits per heavy atom. The fraction of sp³-hybridized carbons (Fsp3) is 0.333. The molecule has 4 nitrogen and oxygen atoms in total. The first-order valence-corrected chi connectivity index (χ1v) is 3.75.